The number of aromatic amines is 1. The second-order valence-corrected chi connectivity index (χ2v) is 5.70. The Morgan fingerprint density at radius 1 is 1.21 bits per heavy atom. The number of ether oxygens (including phenoxy) is 3. The van der Waals surface area contributed by atoms with Crippen molar-refractivity contribution in [1.29, 1.82) is 0 Å². The summed E-state index contributed by atoms with van der Waals surface area (Å²) in [6.07, 6.45) is -0.0614. The third kappa shape index (κ3) is 1.79. The molecule has 1 aromatic carbocycles. The monoisotopic (exact) mass is 259 g/mol. The van der Waals surface area contributed by atoms with Crippen LogP contribution in [-0.2, 0) is 14.2 Å². The van der Waals surface area contributed by atoms with E-state index in [1.807, 2.05) is 26.0 Å². The molecule has 3 heterocycles. The second kappa shape index (κ2) is 3.82. The Bertz CT molecular complexity index is 586. The van der Waals surface area contributed by atoms with Crippen molar-refractivity contribution in [2.75, 3.05) is 6.61 Å². The molecule has 3 atom stereocenters. The summed E-state index contributed by atoms with van der Waals surface area (Å²) < 4.78 is 17.7. The number of benzene rings is 1. The molecule has 1 aromatic heterocycles. The molecule has 0 unspecified atom stereocenters. The third-order valence-corrected chi connectivity index (χ3v) is 3.82. The third-order valence-electron chi connectivity index (χ3n) is 3.82. The molecular weight excluding hydrogens is 242 g/mol. The van der Waals surface area contributed by atoms with E-state index < -0.39 is 5.79 Å². The summed E-state index contributed by atoms with van der Waals surface area (Å²) in [4.78, 5) is 3.42. The Labute approximate surface area is 111 Å². The zero-order chi connectivity index (χ0) is 13.0. The standard InChI is InChI=1S/C15H17NO3/c1-15(2)18-12-8-17-13(14(12)19-15)11-7-9-5-3-4-6-10(9)16-11/h3-7,12-14,16H,8H2,1-2H3/t12-,13-,14-/m1/s1. The summed E-state index contributed by atoms with van der Waals surface area (Å²) in [5.74, 6) is -0.511. The molecule has 0 amide bonds. The zero-order valence-corrected chi connectivity index (χ0v) is 11.1. The first-order valence-electron chi connectivity index (χ1n) is 6.67. The number of hydrogen-bond donors (Lipinski definition) is 1. The predicted molar refractivity (Wildman–Crippen MR) is 70.8 cm³/mol. The van der Waals surface area contributed by atoms with Gasteiger partial charge in [-0.15, -0.1) is 0 Å². The van der Waals surface area contributed by atoms with Gasteiger partial charge in [0.15, 0.2) is 5.79 Å². The molecule has 0 aliphatic carbocycles. The Morgan fingerprint density at radius 3 is 2.89 bits per heavy atom. The second-order valence-electron chi connectivity index (χ2n) is 5.70. The lowest BCUT2D eigenvalue weighted by Crippen LogP contribution is -2.25. The van der Waals surface area contributed by atoms with Crippen LogP contribution < -0.4 is 0 Å². The van der Waals surface area contributed by atoms with Crippen molar-refractivity contribution in [3.63, 3.8) is 0 Å². The summed E-state index contributed by atoms with van der Waals surface area (Å²) in [7, 11) is 0. The Kier molecular flexibility index (Phi) is 2.31. The Balaban J connectivity index is 1.69. The highest BCUT2D eigenvalue weighted by molar-refractivity contribution is 5.80. The van der Waals surface area contributed by atoms with Gasteiger partial charge in [0.1, 0.15) is 18.3 Å². The van der Waals surface area contributed by atoms with Crippen LogP contribution in [-0.4, -0.2) is 29.6 Å². The highest BCUT2D eigenvalue weighted by atomic mass is 16.8. The highest BCUT2D eigenvalue weighted by Crippen LogP contribution is 2.42. The number of hydrogen-bond acceptors (Lipinski definition) is 3. The molecule has 1 N–H and O–H groups in total. The van der Waals surface area contributed by atoms with Crippen molar-refractivity contribution in [2.45, 2.75) is 37.9 Å². The molecule has 100 valence electrons. The van der Waals surface area contributed by atoms with Crippen LogP contribution in [0.15, 0.2) is 30.3 Å². The van der Waals surface area contributed by atoms with E-state index in [2.05, 4.69) is 23.2 Å². The molecule has 2 aliphatic rings. The number of H-pyrrole nitrogens is 1. The minimum absolute atomic E-state index is 0.0249. The van der Waals surface area contributed by atoms with Crippen molar-refractivity contribution in [2.24, 2.45) is 0 Å². The van der Waals surface area contributed by atoms with Crippen LogP contribution >= 0.6 is 0 Å². The Hall–Kier alpha value is -1.36. The number of aromatic nitrogens is 1. The predicted octanol–water partition coefficient (Wildman–Crippen LogP) is 2.76. The average Bonchev–Trinajstić information content (AvgIpc) is 2.99. The molecule has 4 heteroatoms. The summed E-state index contributed by atoms with van der Waals surface area (Å²) in [6.45, 7) is 4.50. The van der Waals surface area contributed by atoms with Crippen LogP contribution in [0.5, 0.6) is 0 Å². The Morgan fingerprint density at radius 2 is 2.05 bits per heavy atom. The molecule has 2 aliphatic heterocycles. The first kappa shape index (κ1) is 11.5. The molecule has 2 saturated heterocycles. The van der Waals surface area contributed by atoms with Crippen LogP contribution in [0.3, 0.4) is 0 Å². The SMILES string of the molecule is CC1(C)O[C@H]2[C@@H](c3cc4ccccc4[nH]3)OC[C@H]2O1. The number of nitrogens with one attached hydrogen (secondary N) is 1. The van der Waals surface area contributed by atoms with Crippen LogP contribution in [0.25, 0.3) is 10.9 Å². The molecule has 0 saturated carbocycles. The lowest BCUT2D eigenvalue weighted by molar-refractivity contribution is -0.175. The van der Waals surface area contributed by atoms with Gasteiger partial charge < -0.3 is 19.2 Å². The fraction of sp³-hybridized carbons (Fsp3) is 0.467. The largest absolute Gasteiger partial charge is 0.366 e. The summed E-state index contributed by atoms with van der Waals surface area (Å²) in [5.41, 5.74) is 2.19. The van der Waals surface area contributed by atoms with Gasteiger partial charge in [0.25, 0.3) is 0 Å². The van der Waals surface area contributed by atoms with Crippen molar-refractivity contribution >= 4 is 10.9 Å². The van der Waals surface area contributed by atoms with Gasteiger partial charge in [0.2, 0.25) is 0 Å². The van der Waals surface area contributed by atoms with Gasteiger partial charge in [0.05, 0.1) is 6.61 Å². The minimum Gasteiger partial charge on any atom is -0.366 e. The summed E-state index contributed by atoms with van der Waals surface area (Å²) >= 11 is 0. The van der Waals surface area contributed by atoms with E-state index in [0.717, 1.165) is 11.2 Å². The van der Waals surface area contributed by atoms with Gasteiger partial charge in [-0.05, 0) is 31.4 Å². The maximum atomic E-state index is 5.97. The van der Waals surface area contributed by atoms with E-state index in [-0.39, 0.29) is 18.3 Å². The number of fused-ring (bicyclic) bond motifs is 2. The molecular formula is C15H17NO3. The van der Waals surface area contributed by atoms with Gasteiger partial charge >= 0.3 is 0 Å². The minimum atomic E-state index is -0.511. The van der Waals surface area contributed by atoms with E-state index in [0.29, 0.717) is 6.61 Å². The van der Waals surface area contributed by atoms with Gasteiger partial charge in [-0.25, -0.2) is 0 Å². The average molecular weight is 259 g/mol. The molecule has 0 spiro atoms. The van der Waals surface area contributed by atoms with Crippen molar-refractivity contribution < 1.29 is 14.2 Å². The van der Waals surface area contributed by atoms with Crippen LogP contribution in [0, 0.1) is 0 Å². The molecule has 0 radical (unpaired) electrons. The maximum absolute atomic E-state index is 5.97. The van der Waals surface area contributed by atoms with Gasteiger partial charge in [-0.1, -0.05) is 18.2 Å². The van der Waals surface area contributed by atoms with Gasteiger partial charge in [-0.2, -0.15) is 0 Å². The number of para-hydroxylation sites is 1. The molecule has 2 aromatic rings. The van der Waals surface area contributed by atoms with E-state index in [9.17, 15) is 0 Å². The summed E-state index contributed by atoms with van der Waals surface area (Å²) in [5, 5.41) is 1.20. The van der Waals surface area contributed by atoms with Crippen LogP contribution in [0.2, 0.25) is 0 Å². The first-order valence-corrected chi connectivity index (χ1v) is 6.67. The normalized spacial score (nSPS) is 32.8. The van der Waals surface area contributed by atoms with Gasteiger partial charge in [-0.3, -0.25) is 0 Å². The van der Waals surface area contributed by atoms with Crippen molar-refractivity contribution in [1.82, 2.24) is 4.98 Å². The zero-order valence-electron chi connectivity index (χ0n) is 11.1. The van der Waals surface area contributed by atoms with Crippen molar-refractivity contribution in [3.05, 3.63) is 36.0 Å². The first-order chi connectivity index (χ1) is 9.12. The van der Waals surface area contributed by atoms with Crippen molar-refractivity contribution in [3.8, 4) is 0 Å². The smallest absolute Gasteiger partial charge is 0.164 e. The quantitative estimate of drug-likeness (QED) is 0.856. The van der Waals surface area contributed by atoms with E-state index in [1.54, 1.807) is 0 Å². The highest BCUT2D eigenvalue weighted by Gasteiger charge is 2.50. The molecule has 2 fully saturated rings. The van der Waals surface area contributed by atoms with Crippen LogP contribution in [0.4, 0.5) is 0 Å². The number of rotatable bonds is 1. The maximum Gasteiger partial charge on any atom is 0.164 e. The van der Waals surface area contributed by atoms with E-state index in [1.165, 1.54) is 5.39 Å². The fourth-order valence-electron chi connectivity index (χ4n) is 3.06. The van der Waals surface area contributed by atoms with E-state index in [4.69, 9.17) is 14.2 Å². The fourth-order valence-corrected chi connectivity index (χ4v) is 3.06. The summed E-state index contributed by atoms with van der Waals surface area (Å²) in [6, 6.07) is 10.4. The molecule has 0 bridgehead atoms. The topological polar surface area (TPSA) is 43.5 Å². The lowest BCUT2D eigenvalue weighted by Gasteiger charge is -2.21. The van der Waals surface area contributed by atoms with E-state index >= 15 is 0 Å². The van der Waals surface area contributed by atoms with Gasteiger partial charge in [0, 0.05) is 11.2 Å². The molecule has 4 nitrogen and oxygen atoms in total. The molecule has 4 rings (SSSR count). The molecule has 19 heavy (non-hydrogen) atoms. The van der Waals surface area contributed by atoms with Crippen LogP contribution in [0.1, 0.15) is 25.6 Å². The lowest BCUT2D eigenvalue weighted by atomic mass is 10.1.